The van der Waals surface area contributed by atoms with Crippen molar-refractivity contribution < 1.29 is 14.6 Å². The molecule has 0 aliphatic heterocycles. The first kappa shape index (κ1) is 10.6. The number of benzene rings is 1. The van der Waals surface area contributed by atoms with E-state index < -0.39 is 12.1 Å². The third kappa shape index (κ3) is 2.25. The third-order valence-electron chi connectivity index (χ3n) is 2.05. The summed E-state index contributed by atoms with van der Waals surface area (Å²) in [5, 5.41) is 8.70. The molecular formula is C11H14O3. The minimum Gasteiger partial charge on any atom is -0.479 e. The second kappa shape index (κ2) is 4.13. The van der Waals surface area contributed by atoms with Gasteiger partial charge < -0.3 is 9.84 Å². The van der Waals surface area contributed by atoms with Crippen LogP contribution in [0.3, 0.4) is 0 Å². The zero-order valence-corrected chi connectivity index (χ0v) is 8.57. The number of para-hydroxylation sites is 1. The molecule has 0 unspecified atom stereocenters. The fourth-order valence-electron chi connectivity index (χ4n) is 1.21. The van der Waals surface area contributed by atoms with Gasteiger partial charge in [0.15, 0.2) is 6.10 Å². The second-order valence-corrected chi connectivity index (χ2v) is 3.32. The Labute approximate surface area is 83.3 Å². The fourth-order valence-corrected chi connectivity index (χ4v) is 1.21. The molecule has 3 heteroatoms. The van der Waals surface area contributed by atoms with Gasteiger partial charge in [0, 0.05) is 0 Å². The van der Waals surface area contributed by atoms with Crippen molar-refractivity contribution >= 4 is 5.97 Å². The zero-order valence-electron chi connectivity index (χ0n) is 8.57. The summed E-state index contributed by atoms with van der Waals surface area (Å²) in [6.45, 7) is 5.32. The monoisotopic (exact) mass is 194 g/mol. The summed E-state index contributed by atoms with van der Waals surface area (Å²) in [5.41, 5.74) is 1.91. The van der Waals surface area contributed by atoms with E-state index in [1.54, 1.807) is 0 Å². The summed E-state index contributed by atoms with van der Waals surface area (Å²) in [5.74, 6) is -0.282. The molecule has 0 heterocycles. The van der Waals surface area contributed by atoms with Crippen LogP contribution in [-0.2, 0) is 4.79 Å². The maximum absolute atomic E-state index is 10.6. The van der Waals surface area contributed by atoms with Crippen molar-refractivity contribution in [3.05, 3.63) is 29.3 Å². The number of hydrogen-bond acceptors (Lipinski definition) is 2. The van der Waals surface area contributed by atoms with Gasteiger partial charge in [-0.05, 0) is 31.9 Å². The van der Waals surface area contributed by atoms with Crippen molar-refractivity contribution in [1.82, 2.24) is 0 Å². The Morgan fingerprint density at radius 2 is 1.86 bits per heavy atom. The van der Waals surface area contributed by atoms with Gasteiger partial charge in [-0.2, -0.15) is 0 Å². The molecular weight excluding hydrogens is 180 g/mol. The molecule has 0 aliphatic carbocycles. The lowest BCUT2D eigenvalue weighted by Gasteiger charge is -2.14. The molecule has 3 nitrogen and oxygen atoms in total. The van der Waals surface area contributed by atoms with Crippen molar-refractivity contribution in [3.63, 3.8) is 0 Å². The molecule has 1 atom stereocenters. The van der Waals surface area contributed by atoms with E-state index in [2.05, 4.69) is 0 Å². The predicted octanol–water partition coefficient (Wildman–Crippen LogP) is 2.16. The van der Waals surface area contributed by atoms with Gasteiger partial charge in [0.25, 0.3) is 0 Å². The molecule has 14 heavy (non-hydrogen) atoms. The summed E-state index contributed by atoms with van der Waals surface area (Å²) in [7, 11) is 0. The highest BCUT2D eigenvalue weighted by Crippen LogP contribution is 2.23. The van der Waals surface area contributed by atoms with E-state index >= 15 is 0 Å². The SMILES string of the molecule is Cc1cccc(C)c1O[C@H](C)C(=O)O. The lowest BCUT2D eigenvalue weighted by atomic mass is 10.1. The van der Waals surface area contributed by atoms with Crippen LogP contribution >= 0.6 is 0 Å². The number of carbonyl (C=O) groups is 1. The molecule has 0 bridgehead atoms. The van der Waals surface area contributed by atoms with E-state index in [0.29, 0.717) is 5.75 Å². The van der Waals surface area contributed by atoms with E-state index in [-0.39, 0.29) is 0 Å². The van der Waals surface area contributed by atoms with Gasteiger partial charge in [0.05, 0.1) is 0 Å². The average molecular weight is 194 g/mol. The lowest BCUT2D eigenvalue weighted by molar-refractivity contribution is -0.144. The normalized spacial score (nSPS) is 12.2. The lowest BCUT2D eigenvalue weighted by Crippen LogP contribution is -2.23. The number of hydrogen-bond donors (Lipinski definition) is 1. The van der Waals surface area contributed by atoms with Crippen LogP contribution in [0.1, 0.15) is 18.1 Å². The Morgan fingerprint density at radius 3 is 2.29 bits per heavy atom. The summed E-state index contributed by atoms with van der Waals surface area (Å²) in [6.07, 6.45) is -0.810. The average Bonchev–Trinajstić information content (AvgIpc) is 2.11. The van der Waals surface area contributed by atoms with Crippen LogP contribution in [0.4, 0.5) is 0 Å². The Morgan fingerprint density at radius 1 is 1.36 bits per heavy atom. The van der Waals surface area contributed by atoms with E-state index in [1.165, 1.54) is 6.92 Å². The molecule has 0 radical (unpaired) electrons. The van der Waals surface area contributed by atoms with Gasteiger partial charge in [-0.3, -0.25) is 0 Å². The van der Waals surface area contributed by atoms with Crippen LogP contribution in [0.15, 0.2) is 18.2 Å². The zero-order chi connectivity index (χ0) is 10.7. The van der Waals surface area contributed by atoms with Crippen molar-refractivity contribution in [1.29, 1.82) is 0 Å². The van der Waals surface area contributed by atoms with E-state index in [9.17, 15) is 4.79 Å². The standard InChI is InChI=1S/C11H14O3/c1-7-5-4-6-8(2)10(7)14-9(3)11(12)13/h4-6,9H,1-3H3,(H,12,13)/t9-/m1/s1. The van der Waals surface area contributed by atoms with Crippen molar-refractivity contribution in [2.75, 3.05) is 0 Å². The van der Waals surface area contributed by atoms with Gasteiger partial charge >= 0.3 is 5.97 Å². The van der Waals surface area contributed by atoms with Crippen molar-refractivity contribution in [2.24, 2.45) is 0 Å². The Hall–Kier alpha value is -1.51. The molecule has 1 aromatic carbocycles. The molecule has 1 N–H and O–H groups in total. The van der Waals surface area contributed by atoms with Gasteiger partial charge in [-0.15, -0.1) is 0 Å². The molecule has 0 saturated heterocycles. The smallest absolute Gasteiger partial charge is 0.344 e. The van der Waals surface area contributed by atoms with E-state index in [0.717, 1.165) is 11.1 Å². The van der Waals surface area contributed by atoms with Crippen LogP contribution in [0.2, 0.25) is 0 Å². The molecule has 1 rings (SSSR count). The molecule has 0 amide bonds. The number of aryl methyl sites for hydroxylation is 2. The summed E-state index contributed by atoms with van der Waals surface area (Å²) >= 11 is 0. The molecule has 0 spiro atoms. The Balaban J connectivity index is 2.91. The molecule has 76 valence electrons. The van der Waals surface area contributed by atoms with Gasteiger partial charge in [-0.1, -0.05) is 18.2 Å². The van der Waals surface area contributed by atoms with Crippen LogP contribution in [-0.4, -0.2) is 17.2 Å². The molecule has 0 fully saturated rings. The number of carboxylic acid groups (broad SMARTS) is 1. The maximum Gasteiger partial charge on any atom is 0.344 e. The minimum atomic E-state index is -0.951. The van der Waals surface area contributed by atoms with Crippen molar-refractivity contribution in [2.45, 2.75) is 26.9 Å². The van der Waals surface area contributed by atoms with Crippen molar-refractivity contribution in [3.8, 4) is 5.75 Å². The Kier molecular flexibility index (Phi) is 3.12. The highest BCUT2D eigenvalue weighted by Gasteiger charge is 2.14. The summed E-state index contributed by atoms with van der Waals surface area (Å²) in [4.78, 5) is 10.6. The third-order valence-corrected chi connectivity index (χ3v) is 2.05. The first-order valence-corrected chi connectivity index (χ1v) is 4.48. The Bertz CT molecular complexity index is 324. The molecule has 1 aromatic rings. The topological polar surface area (TPSA) is 46.5 Å². The maximum atomic E-state index is 10.6. The summed E-state index contributed by atoms with van der Waals surface area (Å²) in [6, 6.07) is 5.72. The molecule has 0 aliphatic rings. The highest BCUT2D eigenvalue weighted by atomic mass is 16.5. The predicted molar refractivity (Wildman–Crippen MR) is 53.6 cm³/mol. The molecule has 0 aromatic heterocycles. The van der Waals surface area contributed by atoms with Gasteiger partial charge in [-0.25, -0.2) is 4.79 Å². The minimum absolute atomic E-state index is 0.669. The largest absolute Gasteiger partial charge is 0.479 e. The van der Waals surface area contributed by atoms with E-state index in [1.807, 2.05) is 32.0 Å². The second-order valence-electron chi connectivity index (χ2n) is 3.32. The fraction of sp³-hybridized carbons (Fsp3) is 0.364. The van der Waals surface area contributed by atoms with Crippen LogP contribution in [0, 0.1) is 13.8 Å². The van der Waals surface area contributed by atoms with Gasteiger partial charge in [0.2, 0.25) is 0 Å². The first-order valence-electron chi connectivity index (χ1n) is 4.48. The number of ether oxygens (including phenoxy) is 1. The quantitative estimate of drug-likeness (QED) is 0.802. The number of rotatable bonds is 3. The first-order chi connectivity index (χ1) is 6.52. The number of carboxylic acids is 1. The molecule has 0 saturated carbocycles. The highest BCUT2D eigenvalue weighted by molar-refractivity contribution is 5.72. The van der Waals surface area contributed by atoms with Crippen LogP contribution < -0.4 is 4.74 Å². The van der Waals surface area contributed by atoms with Crippen LogP contribution in [0.5, 0.6) is 5.75 Å². The summed E-state index contributed by atoms with van der Waals surface area (Å²) < 4.78 is 5.34. The van der Waals surface area contributed by atoms with E-state index in [4.69, 9.17) is 9.84 Å². The van der Waals surface area contributed by atoms with Gasteiger partial charge in [0.1, 0.15) is 5.75 Å². The number of aliphatic carboxylic acids is 1. The van der Waals surface area contributed by atoms with Crippen LogP contribution in [0.25, 0.3) is 0 Å².